The van der Waals surface area contributed by atoms with E-state index in [2.05, 4.69) is 15.9 Å². The summed E-state index contributed by atoms with van der Waals surface area (Å²) in [5.74, 6) is 2.26. The van der Waals surface area contributed by atoms with Gasteiger partial charge in [0.2, 0.25) is 0 Å². The highest BCUT2D eigenvalue weighted by Gasteiger charge is 2.07. The average Bonchev–Trinajstić information content (AvgIpc) is 2.43. The molecule has 0 saturated heterocycles. The fourth-order valence-electron chi connectivity index (χ4n) is 1.76. The van der Waals surface area contributed by atoms with Crippen LogP contribution in [0.1, 0.15) is 25.5 Å². The van der Waals surface area contributed by atoms with Crippen LogP contribution in [0.15, 0.2) is 46.9 Å². The molecule has 0 aliphatic rings. The highest BCUT2D eigenvalue weighted by molar-refractivity contribution is 9.10. The van der Waals surface area contributed by atoms with Crippen molar-refractivity contribution in [2.24, 2.45) is 0 Å². The topological polar surface area (TPSA) is 38.7 Å². The predicted molar refractivity (Wildman–Crippen MR) is 82.5 cm³/mol. The maximum atomic E-state index is 9.53. The summed E-state index contributed by atoms with van der Waals surface area (Å²) in [6, 6.07) is 13.0. The second-order valence-corrected chi connectivity index (χ2v) is 5.23. The lowest BCUT2D eigenvalue weighted by Crippen LogP contribution is -1.93. The third kappa shape index (κ3) is 3.74. The largest absolute Gasteiger partial charge is 0.494 e. The van der Waals surface area contributed by atoms with Gasteiger partial charge < -0.3 is 14.6 Å². The third-order valence-electron chi connectivity index (χ3n) is 2.80. The van der Waals surface area contributed by atoms with Gasteiger partial charge in [-0.3, -0.25) is 0 Å². The molecule has 0 saturated carbocycles. The van der Waals surface area contributed by atoms with Crippen molar-refractivity contribution >= 4 is 15.9 Å². The first-order valence-corrected chi connectivity index (χ1v) is 7.27. The maximum Gasteiger partial charge on any atom is 0.141 e. The molecule has 0 fully saturated rings. The summed E-state index contributed by atoms with van der Waals surface area (Å²) in [6.07, 6.45) is -0.495. The molecular formula is C16H17BrO3. The predicted octanol–water partition coefficient (Wildman–Crippen LogP) is 4.69. The van der Waals surface area contributed by atoms with Gasteiger partial charge in [-0.05, 0) is 71.7 Å². The molecule has 106 valence electrons. The Balaban J connectivity index is 2.13. The molecule has 2 rings (SSSR count). The standard InChI is InChI=1S/C16H17BrO3/c1-3-19-13-5-7-14(8-6-13)20-16-9-4-12(11(2)18)10-15(16)17/h4-11,18H,3H2,1-2H3. The SMILES string of the molecule is CCOc1ccc(Oc2ccc(C(C)O)cc2Br)cc1. The Bertz CT molecular complexity index is 564. The molecule has 3 nitrogen and oxygen atoms in total. The number of aliphatic hydroxyl groups excluding tert-OH is 1. The lowest BCUT2D eigenvalue weighted by atomic mass is 10.1. The summed E-state index contributed by atoms with van der Waals surface area (Å²) in [6.45, 7) is 4.33. The zero-order valence-electron chi connectivity index (χ0n) is 11.5. The Morgan fingerprint density at radius 2 is 1.75 bits per heavy atom. The van der Waals surface area contributed by atoms with Crippen molar-refractivity contribution < 1.29 is 14.6 Å². The lowest BCUT2D eigenvalue weighted by Gasteiger charge is -2.11. The van der Waals surface area contributed by atoms with E-state index in [1.165, 1.54) is 0 Å². The van der Waals surface area contributed by atoms with Crippen molar-refractivity contribution in [1.82, 2.24) is 0 Å². The Morgan fingerprint density at radius 1 is 1.10 bits per heavy atom. The second kappa shape index (κ2) is 6.77. The van der Waals surface area contributed by atoms with Crippen molar-refractivity contribution in [3.63, 3.8) is 0 Å². The molecule has 2 aromatic carbocycles. The summed E-state index contributed by atoms with van der Waals surface area (Å²) < 4.78 is 12.0. The molecular weight excluding hydrogens is 320 g/mol. The van der Waals surface area contributed by atoms with E-state index in [0.717, 1.165) is 21.5 Å². The monoisotopic (exact) mass is 336 g/mol. The Hall–Kier alpha value is -1.52. The van der Waals surface area contributed by atoms with Crippen LogP contribution in [0.3, 0.4) is 0 Å². The van der Waals surface area contributed by atoms with Crippen molar-refractivity contribution in [1.29, 1.82) is 0 Å². The minimum absolute atomic E-state index is 0.495. The molecule has 1 atom stereocenters. The summed E-state index contributed by atoms with van der Waals surface area (Å²) in [4.78, 5) is 0. The van der Waals surface area contributed by atoms with Gasteiger partial charge in [0.15, 0.2) is 0 Å². The number of aliphatic hydroxyl groups is 1. The molecule has 1 N–H and O–H groups in total. The van der Waals surface area contributed by atoms with Gasteiger partial charge in [-0.15, -0.1) is 0 Å². The van der Waals surface area contributed by atoms with Crippen molar-refractivity contribution in [3.8, 4) is 17.2 Å². The van der Waals surface area contributed by atoms with Crippen LogP contribution in [0.5, 0.6) is 17.2 Å². The molecule has 0 radical (unpaired) electrons. The minimum Gasteiger partial charge on any atom is -0.494 e. The number of benzene rings is 2. The average molecular weight is 337 g/mol. The molecule has 2 aromatic rings. The fraction of sp³-hybridized carbons (Fsp3) is 0.250. The molecule has 4 heteroatoms. The van der Waals surface area contributed by atoms with Gasteiger partial charge in [0, 0.05) is 0 Å². The van der Waals surface area contributed by atoms with E-state index < -0.39 is 6.10 Å². The van der Waals surface area contributed by atoms with Crippen LogP contribution in [-0.2, 0) is 0 Å². The first-order chi connectivity index (χ1) is 9.60. The number of rotatable bonds is 5. The van der Waals surface area contributed by atoms with Crippen LogP contribution in [-0.4, -0.2) is 11.7 Å². The summed E-state index contributed by atoms with van der Waals surface area (Å²) in [5, 5.41) is 9.53. The van der Waals surface area contributed by atoms with Crippen LogP contribution in [0.2, 0.25) is 0 Å². The molecule has 0 amide bonds. The third-order valence-corrected chi connectivity index (χ3v) is 3.42. The van der Waals surface area contributed by atoms with Gasteiger partial charge in [0.05, 0.1) is 17.2 Å². The van der Waals surface area contributed by atoms with Gasteiger partial charge in [-0.2, -0.15) is 0 Å². The Morgan fingerprint density at radius 3 is 2.30 bits per heavy atom. The van der Waals surface area contributed by atoms with Gasteiger partial charge in [0.25, 0.3) is 0 Å². The van der Waals surface area contributed by atoms with Gasteiger partial charge >= 0.3 is 0 Å². The second-order valence-electron chi connectivity index (χ2n) is 4.37. The van der Waals surface area contributed by atoms with E-state index in [1.54, 1.807) is 6.92 Å². The first kappa shape index (κ1) is 14.9. The molecule has 0 spiro atoms. The fourth-order valence-corrected chi connectivity index (χ4v) is 2.23. The quantitative estimate of drug-likeness (QED) is 0.860. The first-order valence-electron chi connectivity index (χ1n) is 6.48. The Labute approximate surface area is 127 Å². The van der Waals surface area contributed by atoms with Gasteiger partial charge in [-0.25, -0.2) is 0 Å². The highest BCUT2D eigenvalue weighted by Crippen LogP contribution is 2.32. The number of hydrogen-bond acceptors (Lipinski definition) is 3. The molecule has 0 heterocycles. The normalized spacial score (nSPS) is 12.0. The van der Waals surface area contributed by atoms with Gasteiger partial charge in [-0.1, -0.05) is 6.07 Å². The number of hydrogen-bond donors (Lipinski definition) is 1. The van der Waals surface area contributed by atoms with Crippen LogP contribution < -0.4 is 9.47 Å². The zero-order chi connectivity index (χ0) is 14.5. The Kier molecular flexibility index (Phi) is 5.04. The van der Waals surface area contributed by atoms with Crippen LogP contribution >= 0.6 is 15.9 Å². The van der Waals surface area contributed by atoms with Crippen LogP contribution in [0.4, 0.5) is 0 Å². The summed E-state index contributed by atoms with van der Waals surface area (Å²) in [5.41, 5.74) is 0.843. The van der Waals surface area contributed by atoms with E-state index in [4.69, 9.17) is 9.47 Å². The molecule has 0 aromatic heterocycles. The molecule has 1 unspecified atom stereocenters. The molecule has 0 aliphatic carbocycles. The van der Waals surface area contributed by atoms with Crippen molar-refractivity contribution in [2.45, 2.75) is 20.0 Å². The number of halogens is 1. The molecule has 0 bridgehead atoms. The maximum absolute atomic E-state index is 9.53. The smallest absolute Gasteiger partial charge is 0.141 e. The van der Waals surface area contributed by atoms with E-state index >= 15 is 0 Å². The van der Waals surface area contributed by atoms with Crippen molar-refractivity contribution in [3.05, 3.63) is 52.5 Å². The van der Waals surface area contributed by atoms with E-state index in [-0.39, 0.29) is 0 Å². The summed E-state index contributed by atoms with van der Waals surface area (Å²) in [7, 11) is 0. The van der Waals surface area contributed by atoms with E-state index in [0.29, 0.717) is 12.4 Å². The number of ether oxygens (including phenoxy) is 2. The highest BCUT2D eigenvalue weighted by atomic mass is 79.9. The molecule has 20 heavy (non-hydrogen) atoms. The van der Waals surface area contributed by atoms with E-state index in [9.17, 15) is 5.11 Å². The molecule has 0 aliphatic heterocycles. The van der Waals surface area contributed by atoms with E-state index in [1.807, 2.05) is 49.4 Å². The zero-order valence-corrected chi connectivity index (χ0v) is 13.1. The lowest BCUT2D eigenvalue weighted by molar-refractivity contribution is 0.199. The van der Waals surface area contributed by atoms with Gasteiger partial charge in [0.1, 0.15) is 17.2 Å². The van der Waals surface area contributed by atoms with Crippen molar-refractivity contribution in [2.75, 3.05) is 6.61 Å². The summed E-state index contributed by atoms with van der Waals surface area (Å²) >= 11 is 3.45. The van der Waals surface area contributed by atoms with Crippen LogP contribution in [0, 0.1) is 0 Å². The van der Waals surface area contributed by atoms with Crippen LogP contribution in [0.25, 0.3) is 0 Å². The minimum atomic E-state index is -0.495.